The fraction of sp³-hybridized carbons (Fsp3) is 0.944. The topological polar surface area (TPSA) is 61.8 Å². The average Bonchev–Trinajstić information content (AvgIpc) is 2.46. The molecule has 0 radical (unpaired) electrons. The van der Waals surface area contributed by atoms with Gasteiger partial charge in [-0.2, -0.15) is 0 Å². The van der Waals surface area contributed by atoms with Gasteiger partial charge < -0.3 is 0 Å². The van der Waals surface area contributed by atoms with Gasteiger partial charge in [-0.15, -0.1) is 0 Å². The van der Waals surface area contributed by atoms with E-state index >= 15 is 0 Å². The van der Waals surface area contributed by atoms with Gasteiger partial charge in [0, 0.05) is 17.8 Å². The van der Waals surface area contributed by atoms with E-state index in [0.717, 1.165) is 0 Å². The number of phosphoric acid groups is 1. The molecule has 1 saturated heterocycles. The average molecular weight is 362 g/mol. The Balaban J connectivity index is 2.97. The summed E-state index contributed by atoms with van der Waals surface area (Å²) in [5.74, 6) is 0.325. The van der Waals surface area contributed by atoms with Crippen LogP contribution in [0.3, 0.4) is 0 Å². The van der Waals surface area contributed by atoms with E-state index in [-0.39, 0.29) is 29.0 Å². The van der Waals surface area contributed by atoms with Crippen molar-refractivity contribution >= 4 is 13.6 Å². The molecular weight excluding hydrogens is 327 g/mol. The van der Waals surface area contributed by atoms with Crippen molar-refractivity contribution in [3.05, 3.63) is 0 Å². The van der Waals surface area contributed by atoms with Crippen LogP contribution in [0.4, 0.5) is 0 Å². The molecule has 5 nitrogen and oxygen atoms in total. The molecule has 0 saturated carbocycles. The van der Waals surface area contributed by atoms with Gasteiger partial charge in [0.15, 0.2) is 0 Å². The number of phosphoric ester groups is 1. The van der Waals surface area contributed by atoms with Crippen molar-refractivity contribution < 1.29 is 22.9 Å². The summed E-state index contributed by atoms with van der Waals surface area (Å²) in [5, 5.41) is 0. The lowest BCUT2D eigenvalue weighted by Gasteiger charge is -2.44. The Labute approximate surface area is 147 Å². The van der Waals surface area contributed by atoms with E-state index in [1.54, 1.807) is 0 Å². The fourth-order valence-electron chi connectivity index (χ4n) is 2.96. The van der Waals surface area contributed by atoms with Crippen molar-refractivity contribution in [3.8, 4) is 0 Å². The molecule has 0 bridgehead atoms. The Kier molecular flexibility index (Phi) is 7.26. The zero-order valence-electron chi connectivity index (χ0n) is 16.5. The molecule has 142 valence electrons. The molecule has 1 aliphatic heterocycles. The monoisotopic (exact) mass is 362 g/mol. The molecule has 0 atom stereocenters. The van der Waals surface area contributed by atoms with E-state index in [1.165, 1.54) is 0 Å². The van der Waals surface area contributed by atoms with Gasteiger partial charge in [-0.05, 0) is 18.3 Å². The molecule has 0 aromatic carbocycles. The second kappa shape index (κ2) is 7.99. The van der Waals surface area contributed by atoms with E-state index < -0.39 is 13.4 Å². The molecule has 0 amide bonds. The summed E-state index contributed by atoms with van der Waals surface area (Å²) in [7, 11) is -3.62. The second-order valence-corrected chi connectivity index (χ2v) is 10.2. The molecule has 1 aliphatic rings. The van der Waals surface area contributed by atoms with Gasteiger partial charge in [0.1, 0.15) is 5.78 Å². The Bertz CT molecular complexity index is 460. The van der Waals surface area contributed by atoms with Gasteiger partial charge in [-0.1, -0.05) is 55.4 Å². The number of rotatable bonds is 8. The summed E-state index contributed by atoms with van der Waals surface area (Å²) in [6, 6.07) is 0. The molecule has 0 N–H and O–H groups in total. The first kappa shape index (κ1) is 21.8. The molecule has 1 rings (SSSR count). The lowest BCUT2D eigenvalue weighted by atomic mass is 9.76. The summed E-state index contributed by atoms with van der Waals surface area (Å²) in [6.45, 7) is 16.6. The lowest BCUT2D eigenvalue weighted by molar-refractivity contribution is -0.125. The third kappa shape index (κ3) is 5.39. The molecule has 1 heterocycles. The van der Waals surface area contributed by atoms with Crippen molar-refractivity contribution in [2.75, 3.05) is 13.2 Å². The van der Waals surface area contributed by atoms with Crippen LogP contribution in [0.2, 0.25) is 0 Å². The summed E-state index contributed by atoms with van der Waals surface area (Å²) in [6.07, 6.45) is 0.916. The minimum Gasteiger partial charge on any atom is -0.299 e. The first-order valence-corrected chi connectivity index (χ1v) is 10.4. The maximum absolute atomic E-state index is 13.0. The number of Topliss-reactive ketones (excluding diaryl/α,β-unsaturated/α-hetero) is 1. The maximum atomic E-state index is 13.0. The van der Waals surface area contributed by atoms with Crippen LogP contribution in [-0.4, -0.2) is 24.6 Å². The molecule has 24 heavy (non-hydrogen) atoms. The third-order valence-electron chi connectivity index (χ3n) is 4.87. The number of ketones is 1. The number of carbonyl (C=O) groups is 1. The van der Waals surface area contributed by atoms with Crippen LogP contribution >= 0.6 is 7.82 Å². The predicted molar refractivity (Wildman–Crippen MR) is 95.9 cm³/mol. The largest absolute Gasteiger partial charge is 0.475 e. The predicted octanol–water partition coefficient (Wildman–Crippen LogP) is 5.24. The smallest absolute Gasteiger partial charge is 0.299 e. The van der Waals surface area contributed by atoms with Gasteiger partial charge in [-0.25, -0.2) is 4.57 Å². The highest BCUT2D eigenvalue weighted by atomic mass is 31.2. The normalized spacial score (nSPS) is 20.8. The van der Waals surface area contributed by atoms with Crippen molar-refractivity contribution in [2.24, 2.45) is 23.2 Å². The summed E-state index contributed by atoms with van der Waals surface area (Å²) < 4.78 is 30.1. The molecule has 0 aliphatic carbocycles. The van der Waals surface area contributed by atoms with Crippen molar-refractivity contribution in [3.63, 3.8) is 0 Å². The number of hydrogen-bond donors (Lipinski definition) is 0. The first-order valence-electron chi connectivity index (χ1n) is 8.96. The van der Waals surface area contributed by atoms with Crippen molar-refractivity contribution in [2.45, 2.75) is 73.8 Å². The Hall–Kier alpha value is -0.220. The van der Waals surface area contributed by atoms with Crippen LogP contribution < -0.4 is 0 Å². The molecule has 0 aromatic heterocycles. The van der Waals surface area contributed by atoms with Gasteiger partial charge in [0.25, 0.3) is 0 Å². The molecule has 0 spiro atoms. The van der Waals surface area contributed by atoms with Gasteiger partial charge in [0.05, 0.1) is 18.8 Å². The SMILES string of the molecule is CC(C)C(=O)CCC(OP1(=O)OCC(C)(C)CO1)(C(C)C)C(C)C. The standard InChI is InChI=1S/C18H35O5P/c1-13(2)16(19)9-10-18(14(3)4,15(5)6)23-24(20)21-11-17(7,8)12-22-24/h13-15H,9-12H2,1-8H3. The van der Waals surface area contributed by atoms with Crippen LogP contribution in [0, 0.1) is 23.2 Å². The molecular formula is C18H35O5P. The lowest BCUT2D eigenvalue weighted by Crippen LogP contribution is -2.45. The summed E-state index contributed by atoms with van der Waals surface area (Å²) >= 11 is 0. The zero-order chi connectivity index (χ0) is 18.8. The van der Waals surface area contributed by atoms with Crippen molar-refractivity contribution in [1.29, 1.82) is 0 Å². The zero-order valence-corrected chi connectivity index (χ0v) is 17.4. The molecule has 6 heteroatoms. The van der Waals surface area contributed by atoms with E-state index in [1.807, 2.05) is 55.4 Å². The van der Waals surface area contributed by atoms with Crippen molar-refractivity contribution in [1.82, 2.24) is 0 Å². The minimum absolute atomic E-state index is 0.0130. The number of hydrogen-bond acceptors (Lipinski definition) is 5. The van der Waals surface area contributed by atoms with E-state index in [9.17, 15) is 9.36 Å². The highest BCUT2D eigenvalue weighted by Gasteiger charge is 2.48. The highest BCUT2D eigenvalue weighted by molar-refractivity contribution is 7.48. The number of carbonyl (C=O) groups excluding carboxylic acids is 1. The van der Waals surface area contributed by atoms with E-state index in [4.69, 9.17) is 13.6 Å². The van der Waals surface area contributed by atoms with Gasteiger partial charge in [-0.3, -0.25) is 18.4 Å². The van der Waals surface area contributed by atoms with E-state index in [2.05, 4.69) is 0 Å². The Morgan fingerprint density at radius 1 is 1.08 bits per heavy atom. The maximum Gasteiger partial charge on any atom is 0.475 e. The summed E-state index contributed by atoms with van der Waals surface area (Å²) in [4.78, 5) is 12.1. The third-order valence-corrected chi connectivity index (χ3v) is 6.32. The Morgan fingerprint density at radius 2 is 1.54 bits per heavy atom. The fourth-order valence-corrected chi connectivity index (χ4v) is 5.08. The molecule has 1 fully saturated rings. The Morgan fingerprint density at radius 3 is 1.92 bits per heavy atom. The van der Waals surface area contributed by atoms with Crippen LogP contribution in [0.1, 0.15) is 68.2 Å². The second-order valence-electron chi connectivity index (χ2n) is 8.63. The van der Waals surface area contributed by atoms with Crippen LogP contribution in [-0.2, 0) is 22.9 Å². The minimum atomic E-state index is -3.62. The van der Waals surface area contributed by atoms with E-state index in [0.29, 0.717) is 26.1 Å². The van der Waals surface area contributed by atoms with Crippen LogP contribution in [0.5, 0.6) is 0 Å². The first-order chi connectivity index (χ1) is 10.8. The summed E-state index contributed by atoms with van der Waals surface area (Å²) in [5.41, 5.74) is -0.898. The molecule has 0 unspecified atom stereocenters. The quantitative estimate of drug-likeness (QED) is 0.553. The van der Waals surface area contributed by atoms with Gasteiger partial charge >= 0.3 is 7.82 Å². The molecule has 0 aromatic rings. The van der Waals surface area contributed by atoms with Gasteiger partial charge in [0.2, 0.25) is 0 Å². The highest BCUT2D eigenvalue weighted by Crippen LogP contribution is 2.60. The van der Waals surface area contributed by atoms with Crippen LogP contribution in [0.15, 0.2) is 0 Å². The van der Waals surface area contributed by atoms with Crippen LogP contribution in [0.25, 0.3) is 0 Å².